The van der Waals surface area contributed by atoms with E-state index < -0.39 is 0 Å². The van der Waals surface area contributed by atoms with Gasteiger partial charge in [0, 0.05) is 19.3 Å². The van der Waals surface area contributed by atoms with Crippen molar-refractivity contribution in [1.29, 1.82) is 0 Å². The Labute approximate surface area is 105 Å². The third kappa shape index (κ3) is 3.33. The van der Waals surface area contributed by atoms with Crippen molar-refractivity contribution in [2.45, 2.75) is 6.42 Å². The van der Waals surface area contributed by atoms with E-state index in [0.29, 0.717) is 26.3 Å². The molecule has 1 aliphatic rings. The second-order valence-electron chi connectivity index (χ2n) is 3.96. The van der Waals surface area contributed by atoms with E-state index in [2.05, 4.69) is 4.98 Å². The van der Waals surface area contributed by atoms with Crippen LogP contribution in [0.3, 0.4) is 0 Å². The fraction of sp³-hybridized carbons (Fsp3) is 0.500. The van der Waals surface area contributed by atoms with E-state index in [0.717, 1.165) is 0 Å². The number of carbonyl (C=O) groups excluding carboxylic acids is 1. The van der Waals surface area contributed by atoms with Crippen molar-refractivity contribution in [3.63, 3.8) is 0 Å². The maximum absolute atomic E-state index is 11.8. The van der Waals surface area contributed by atoms with Crippen LogP contribution in [0.1, 0.15) is 6.42 Å². The van der Waals surface area contributed by atoms with Crippen molar-refractivity contribution >= 4 is 5.91 Å². The van der Waals surface area contributed by atoms with Crippen LogP contribution in [-0.4, -0.2) is 48.7 Å². The maximum atomic E-state index is 11.8. The lowest BCUT2D eigenvalue weighted by Crippen LogP contribution is -2.41. The summed E-state index contributed by atoms with van der Waals surface area (Å²) < 4.78 is 10.4. The van der Waals surface area contributed by atoms with Crippen LogP contribution in [0.25, 0.3) is 0 Å². The lowest BCUT2D eigenvalue weighted by Gasteiger charge is -2.26. The minimum absolute atomic E-state index is 0.0330. The molecule has 0 unspecified atom stereocenters. The van der Waals surface area contributed by atoms with Crippen molar-refractivity contribution in [3.05, 3.63) is 28.7 Å². The molecule has 18 heavy (non-hydrogen) atoms. The molecule has 1 aromatic heterocycles. The number of ether oxygens (including phenoxy) is 2. The number of rotatable bonds is 4. The summed E-state index contributed by atoms with van der Waals surface area (Å²) in [6, 6.07) is 3.26. The topological polar surface area (TPSA) is 71.6 Å². The molecule has 1 aromatic rings. The van der Waals surface area contributed by atoms with Gasteiger partial charge in [0.15, 0.2) is 5.75 Å². The van der Waals surface area contributed by atoms with Crippen LogP contribution in [0.4, 0.5) is 0 Å². The van der Waals surface area contributed by atoms with Crippen molar-refractivity contribution in [1.82, 2.24) is 9.88 Å². The molecule has 0 aromatic carbocycles. The molecule has 0 aliphatic carbocycles. The first kappa shape index (κ1) is 12.6. The molecule has 0 saturated carbocycles. The van der Waals surface area contributed by atoms with Gasteiger partial charge in [-0.2, -0.15) is 0 Å². The summed E-state index contributed by atoms with van der Waals surface area (Å²) in [6.45, 7) is 2.65. The van der Waals surface area contributed by atoms with Gasteiger partial charge in [-0.05, 0) is 12.1 Å². The zero-order chi connectivity index (χ0) is 12.8. The van der Waals surface area contributed by atoms with Crippen molar-refractivity contribution in [3.8, 4) is 5.75 Å². The van der Waals surface area contributed by atoms with E-state index in [1.807, 2.05) is 0 Å². The minimum Gasteiger partial charge on any atom is -0.487 e. The Kier molecular flexibility index (Phi) is 4.35. The Morgan fingerprint density at radius 3 is 2.94 bits per heavy atom. The average Bonchev–Trinajstić information content (AvgIpc) is 2.42. The highest BCUT2D eigenvalue weighted by atomic mass is 16.5. The van der Waals surface area contributed by atoms with Crippen LogP contribution < -0.4 is 10.3 Å². The maximum Gasteiger partial charge on any atom is 0.290 e. The van der Waals surface area contributed by atoms with Gasteiger partial charge in [0.05, 0.1) is 26.2 Å². The smallest absolute Gasteiger partial charge is 0.290 e. The number of pyridine rings is 1. The molecule has 1 fully saturated rings. The lowest BCUT2D eigenvalue weighted by molar-refractivity contribution is -0.135. The molecule has 6 heteroatoms. The van der Waals surface area contributed by atoms with Gasteiger partial charge < -0.3 is 19.4 Å². The second-order valence-corrected chi connectivity index (χ2v) is 3.96. The highest BCUT2D eigenvalue weighted by molar-refractivity contribution is 5.76. The van der Waals surface area contributed by atoms with Crippen molar-refractivity contribution in [2.24, 2.45) is 0 Å². The largest absolute Gasteiger partial charge is 0.487 e. The second kappa shape index (κ2) is 6.20. The molecular formula is C12H16N2O4. The summed E-state index contributed by atoms with van der Waals surface area (Å²) in [5, 5.41) is 0. The Morgan fingerprint density at radius 2 is 2.22 bits per heavy atom. The number of hydrogen-bond acceptors (Lipinski definition) is 4. The molecule has 98 valence electrons. The summed E-state index contributed by atoms with van der Waals surface area (Å²) in [7, 11) is 0. The first-order valence-corrected chi connectivity index (χ1v) is 5.93. The molecule has 6 nitrogen and oxygen atoms in total. The molecule has 0 radical (unpaired) electrons. The number of H-pyrrole nitrogens is 1. The van der Waals surface area contributed by atoms with Crippen molar-refractivity contribution in [2.75, 3.05) is 32.9 Å². The van der Waals surface area contributed by atoms with Crippen molar-refractivity contribution < 1.29 is 14.3 Å². The number of aromatic amines is 1. The number of nitrogens with one attached hydrogen (secondary N) is 1. The normalized spacial score (nSPS) is 15.4. The molecule has 1 saturated heterocycles. The van der Waals surface area contributed by atoms with Gasteiger partial charge in [0.2, 0.25) is 5.91 Å². The van der Waals surface area contributed by atoms with Crippen LogP contribution in [0, 0.1) is 0 Å². The van der Waals surface area contributed by atoms with Gasteiger partial charge in [-0.3, -0.25) is 9.59 Å². The first-order chi connectivity index (χ1) is 8.77. The SMILES string of the molecule is O=C(CCOc1ccc[nH]c1=O)N1CCOCC1. The van der Waals surface area contributed by atoms with Gasteiger partial charge in [0.25, 0.3) is 5.56 Å². The zero-order valence-electron chi connectivity index (χ0n) is 10.1. The van der Waals surface area contributed by atoms with E-state index in [4.69, 9.17) is 9.47 Å². The zero-order valence-corrected chi connectivity index (χ0v) is 10.1. The Morgan fingerprint density at radius 1 is 1.44 bits per heavy atom. The Hall–Kier alpha value is -1.82. The van der Waals surface area contributed by atoms with E-state index in [9.17, 15) is 9.59 Å². The van der Waals surface area contributed by atoms with Crippen LogP contribution in [0.2, 0.25) is 0 Å². The standard InChI is InChI=1S/C12H16N2O4/c15-11(14-5-8-17-9-6-14)3-7-18-10-2-1-4-13-12(10)16/h1-2,4H,3,5-9H2,(H,13,16). The molecule has 2 heterocycles. The molecule has 0 bridgehead atoms. The van der Waals surface area contributed by atoms with E-state index in [-0.39, 0.29) is 30.2 Å². The fourth-order valence-corrected chi connectivity index (χ4v) is 1.74. The van der Waals surface area contributed by atoms with E-state index >= 15 is 0 Å². The summed E-state index contributed by atoms with van der Waals surface area (Å²) in [4.78, 5) is 27.3. The quantitative estimate of drug-likeness (QED) is 0.819. The van der Waals surface area contributed by atoms with Crippen LogP contribution >= 0.6 is 0 Å². The third-order valence-corrected chi connectivity index (χ3v) is 2.72. The molecule has 0 spiro atoms. The molecule has 1 amide bonds. The summed E-state index contributed by atoms with van der Waals surface area (Å²) >= 11 is 0. The van der Waals surface area contributed by atoms with Crippen LogP contribution in [-0.2, 0) is 9.53 Å². The molecule has 1 aliphatic heterocycles. The molecule has 2 rings (SSSR count). The Balaban J connectivity index is 1.76. The summed E-state index contributed by atoms with van der Waals surface area (Å²) in [5.74, 6) is 0.276. The first-order valence-electron chi connectivity index (χ1n) is 5.93. The Bertz CT molecular complexity index is 451. The monoisotopic (exact) mass is 252 g/mol. The third-order valence-electron chi connectivity index (χ3n) is 2.72. The number of morpholine rings is 1. The predicted molar refractivity (Wildman–Crippen MR) is 64.6 cm³/mol. The van der Waals surface area contributed by atoms with Gasteiger partial charge in [0.1, 0.15) is 0 Å². The number of amides is 1. The van der Waals surface area contributed by atoms with Crippen LogP contribution in [0.15, 0.2) is 23.1 Å². The van der Waals surface area contributed by atoms with Crippen LogP contribution in [0.5, 0.6) is 5.75 Å². The molecular weight excluding hydrogens is 236 g/mol. The fourth-order valence-electron chi connectivity index (χ4n) is 1.74. The number of nitrogens with zero attached hydrogens (tertiary/aromatic N) is 1. The number of carbonyl (C=O) groups is 1. The van der Waals surface area contributed by atoms with E-state index in [1.165, 1.54) is 6.20 Å². The highest BCUT2D eigenvalue weighted by Crippen LogP contribution is 2.03. The van der Waals surface area contributed by atoms with E-state index in [1.54, 1.807) is 17.0 Å². The molecule has 0 atom stereocenters. The molecule has 1 N–H and O–H groups in total. The highest BCUT2D eigenvalue weighted by Gasteiger charge is 2.16. The van der Waals surface area contributed by atoms with Gasteiger partial charge in [-0.1, -0.05) is 0 Å². The summed E-state index contributed by atoms with van der Waals surface area (Å²) in [6.07, 6.45) is 1.81. The predicted octanol–water partition coefficient (Wildman–Crippen LogP) is 0.00260. The number of hydrogen-bond donors (Lipinski definition) is 1. The number of aromatic nitrogens is 1. The van der Waals surface area contributed by atoms with Gasteiger partial charge >= 0.3 is 0 Å². The van der Waals surface area contributed by atoms with Gasteiger partial charge in [-0.15, -0.1) is 0 Å². The lowest BCUT2D eigenvalue weighted by atomic mass is 10.3. The minimum atomic E-state index is -0.281. The summed E-state index contributed by atoms with van der Waals surface area (Å²) in [5.41, 5.74) is -0.281. The average molecular weight is 252 g/mol. The van der Waals surface area contributed by atoms with Gasteiger partial charge in [-0.25, -0.2) is 0 Å².